The van der Waals surface area contributed by atoms with Crippen LogP contribution < -0.4 is 4.74 Å². The first kappa shape index (κ1) is 28.0. The number of rotatable bonds is 6. The van der Waals surface area contributed by atoms with Gasteiger partial charge < -0.3 is 19.1 Å². The summed E-state index contributed by atoms with van der Waals surface area (Å²) in [5, 5.41) is 0. The van der Waals surface area contributed by atoms with Crippen LogP contribution in [-0.2, 0) is 0 Å². The molecule has 1 saturated heterocycles. The van der Waals surface area contributed by atoms with Gasteiger partial charge in [-0.1, -0.05) is 60.2 Å². The van der Waals surface area contributed by atoms with E-state index in [-0.39, 0.29) is 11.8 Å². The lowest BCUT2D eigenvalue weighted by molar-refractivity contribution is 0.0535. The molecule has 0 aliphatic carbocycles. The van der Waals surface area contributed by atoms with Crippen LogP contribution in [0.15, 0.2) is 109 Å². The van der Waals surface area contributed by atoms with Crippen LogP contribution >= 0.6 is 0 Å². The minimum Gasteiger partial charge on any atom is -0.497 e. The first-order valence-corrected chi connectivity index (χ1v) is 14.6. The monoisotopic (exact) mass is 569 g/mol. The number of ether oxygens (including phenoxy) is 1. The van der Waals surface area contributed by atoms with Gasteiger partial charge in [0.25, 0.3) is 11.8 Å². The number of carbonyl (C=O) groups excluding carboxylic acids is 2. The standard InChI is InChI=1S/C37H35N3O3/c1-26-9-17-32(18-10-26)40-27(2)34(25-35(40)30-15-19-33(43-3)20-16-30)37(42)39-23-21-38(22-24-39)36(41)31-13-11-29(12-14-31)28-7-5-4-6-8-28/h4-20,25H,21-24H2,1-3H3. The molecular formula is C37H35N3O3. The highest BCUT2D eigenvalue weighted by molar-refractivity contribution is 5.98. The highest BCUT2D eigenvalue weighted by Gasteiger charge is 2.28. The predicted octanol–water partition coefficient (Wildman–Crippen LogP) is 7.03. The number of aryl methyl sites for hydroxylation is 1. The van der Waals surface area contributed by atoms with Crippen molar-refractivity contribution in [3.8, 4) is 33.8 Å². The fraction of sp³-hybridized carbons (Fsp3) is 0.189. The molecule has 2 amide bonds. The summed E-state index contributed by atoms with van der Waals surface area (Å²) >= 11 is 0. The summed E-state index contributed by atoms with van der Waals surface area (Å²) in [5.74, 6) is 0.761. The van der Waals surface area contributed by atoms with E-state index in [9.17, 15) is 9.59 Å². The summed E-state index contributed by atoms with van der Waals surface area (Å²) in [6.07, 6.45) is 0. The van der Waals surface area contributed by atoms with Crippen LogP contribution in [-0.4, -0.2) is 59.5 Å². The van der Waals surface area contributed by atoms with Gasteiger partial charge in [0.15, 0.2) is 0 Å². The van der Waals surface area contributed by atoms with E-state index in [1.807, 2.05) is 89.5 Å². The molecule has 4 aromatic carbocycles. The van der Waals surface area contributed by atoms with Gasteiger partial charge in [0.2, 0.25) is 0 Å². The van der Waals surface area contributed by atoms with E-state index in [0.29, 0.717) is 37.3 Å². The number of nitrogens with zero attached hydrogens (tertiary/aromatic N) is 3. The molecule has 0 bridgehead atoms. The van der Waals surface area contributed by atoms with Crippen LogP contribution in [0.5, 0.6) is 5.75 Å². The number of aromatic nitrogens is 1. The normalized spacial score (nSPS) is 13.2. The van der Waals surface area contributed by atoms with Gasteiger partial charge in [-0.15, -0.1) is 0 Å². The number of amides is 2. The molecule has 0 unspecified atom stereocenters. The second-order valence-corrected chi connectivity index (χ2v) is 11.0. The van der Waals surface area contributed by atoms with Gasteiger partial charge in [0.1, 0.15) is 5.75 Å². The van der Waals surface area contributed by atoms with Crippen molar-refractivity contribution in [1.29, 1.82) is 0 Å². The molecule has 2 heterocycles. The fourth-order valence-corrected chi connectivity index (χ4v) is 5.73. The Labute approximate surface area is 252 Å². The minimum absolute atomic E-state index is 0.00444. The maximum atomic E-state index is 13.9. The second kappa shape index (κ2) is 12.0. The number of hydrogen-bond donors (Lipinski definition) is 0. The Kier molecular flexibility index (Phi) is 7.84. The molecule has 1 aromatic heterocycles. The second-order valence-electron chi connectivity index (χ2n) is 11.0. The van der Waals surface area contributed by atoms with Gasteiger partial charge in [0, 0.05) is 43.1 Å². The summed E-state index contributed by atoms with van der Waals surface area (Å²) in [4.78, 5) is 30.9. The van der Waals surface area contributed by atoms with Crippen molar-refractivity contribution < 1.29 is 14.3 Å². The Morgan fingerprint density at radius 3 is 1.79 bits per heavy atom. The third kappa shape index (κ3) is 5.69. The molecule has 6 heteroatoms. The first-order chi connectivity index (χ1) is 20.9. The predicted molar refractivity (Wildman–Crippen MR) is 171 cm³/mol. The Balaban J connectivity index is 1.20. The number of methoxy groups -OCH3 is 1. The van der Waals surface area contributed by atoms with Crippen molar-refractivity contribution in [2.45, 2.75) is 13.8 Å². The summed E-state index contributed by atoms with van der Waals surface area (Å²) in [6.45, 7) is 6.02. The zero-order valence-electron chi connectivity index (χ0n) is 24.8. The number of benzene rings is 4. The Morgan fingerprint density at radius 1 is 0.628 bits per heavy atom. The number of piperazine rings is 1. The van der Waals surface area contributed by atoms with E-state index in [4.69, 9.17) is 4.74 Å². The van der Waals surface area contributed by atoms with Gasteiger partial charge in [-0.05, 0) is 85.1 Å². The summed E-state index contributed by atoms with van der Waals surface area (Å²) in [7, 11) is 1.65. The first-order valence-electron chi connectivity index (χ1n) is 14.6. The average Bonchev–Trinajstić information content (AvgIpc) is 3.41. The van der Waals surface area contributed by atoms with Crippen molar-refractivity contribution >= 4 is 11.8 Å². The van der Waals surface area contributed by atoms with Gasteiger partial charge in [-0.2, -0.15) is 0 Å². The molecule has 1 aliphatic heterocycles. The van der Waals surface area contributed by atoms with Gasteiger partial charge in [-0.3, -0.25) is 9.59 Å². The van der Waals surface area contributed by atoms with Crippen molar-refractivity contribution in [3.05, 3.63) is 132 Å². The topological polar surface area (TPSA) is 54.8 Å². The summed E-state index contributed by atoms with van der Waals surface area (Å²) in [6, 6.07) is 36.1. The molecule has 1 fully saturated rings. The molecule has 5 aromatic rings. The molecule has 0 atom stereocenters. The third-order valence-corrected chi connectivity index (χ3v) is 8.25. The number of carbonyl (C=O) groups is 2. The highest BCUT2D eigenvalue weighted by atomic mass is 16.5. The minimum atomic E-state index is -0.0163. The molecule has 0 radical (unpaired) electrons. The SMILES string of the molecule is COc1ccc(-c2cc(C(=O)N3CCN(C(=O)c4ccc(-c5ccccc5)cc4)CC3)c(C)n2-c2ccc(C)cc2)cc1. The van der Waals surface area contributed by atoms with Crippen LogP contribution in [0.25, 0.3) is 28.1 Å². The fourth-order valence-electron chi connectivity index (χ4n) is 5.73. The molecule has 1 aliphatic rings. The zero-order valence-corrected chi connectivity index (χ0v) is 24.8. The van der Waals surface area contributed by atoms with Crippen LogP contribution in [0.1, 0.15) is 32.0 Å². The lowest BCUT2D eigenvalue weighted by Gasteiger charge is -2.35. The van der Waals surface area contributed by atoms with Crippen molar-refractivity contribution in [3.63, 3.8) is 0 Å². The van der Waals surface area contributed by atoms with E-state index >= 15 is 0 Å². The van der Waals surface area contributed by atoms with Crippen LogP contribution in [0.3, 0.4) is 0 Å². The third-order valence-electron chi connectivity index (χ3n) is 8.25. The smallest absolute Gasteiger partial charge is 0.255 e. The molecule has 216 valence electrons. The molecule has 0 saturated carbocycles. The Morgan fingerprint density at radius 2 is 1.19 bits per heavy atom. The largest absolute Gasteiger partial charge is 0.497 e. The molecule has 43 heavy (non-hydrogen) atoms. The quantitative estimate of drug-likeness (QED) is 0.221. The summed E-state index contributed by atoms with van der Waals surface area (Å²) < 4.78 is 7.51. The van der Waals surface area contributed by atoms with Crippen molar-refractivity contribution in [1.82, 2.24) is 14.4 Å². The average molecular weight is 570 g/mol. The molecule has 0 spiro atoms. The number of hydrogen-bond acceptors (Lipinski definition) is 3. The van der Waals surface area contributed by atoms with E-state index in [0.717, 1.165) is 39.5 Å². The molecule has 6 nitrogen and oxygen atoms in total. The lowest BCUT2D eigenvalue weighted by Crippen LogP contribution is -2.50. The lowest BCUT2D eigenvalue weighted by atomic mass is 10.0. The Hall–Kier alpha value is -5.10. The maximum Gasteiger partial charge on any atom is 0.255 e. The van der Waals surface area contributed by atoms with E-state index in [2.05, 4.69) is 47.9 Å². The maximum absolute atomic E-state index is 13.9. The summed E-state index contributed by atoms with van der Waals surface area (Å²) in [5.41, 5.74) is 8.54. The van der Waals surface area contributed by atoms with Crippen LogP contribution in [0.4, 0.5) is 0 Å². The van der Waals surface area contributed by atoms with Gasteiger partial charge >= 0.3 is 0 Å². The molecular weight excluding hydrogens is 534 g/mol. The van der Waals surface area contributed by atoms with Gasteiger partial charge in [-0.25, -0.2) is 0 Å². The zero-order chi connectivity index (χ0) is 29.9. The molecule has 6 rings (SSSR count). The van der Waals surface area contributed by atoms with E-state index < -0.39 is 0 Å². The molecule has 0 N–H and O–H groups in total. The Bertz CT molecular complexity index is 1730. The van der Waals surface area contributed by atoms with E-state index in [1.165, 1.54) is 5.56 Å². The van der Waals surface area contributed by atoms with Crippen molar-refractivity contribution in [2.75, 3.05) is 33.3 Å². The van der Waals surface area contributed by atoms with Crippen molar-refractivity contribution in [2.24, 2.45) is 0 Å². The van der Waals surface area contributed by atoms with Crippen LogP contribution in [0, 0.1) is 13.8 Å². The van der Waals surface area contributed by atoms with Gasteiger partial charge in [0.05, 0.1) is 18.4 Å². The highest BCUT2D eigenvalue weighted by Crippen LogP contribution is 2.32. The van der Waals surface area contributed by atoms with Crippen LogP contribution in [0.2, 0.25) is 0 Å². The van der Waals surface area contributed by atoms with E-state index in [1.54, 1.807) is 7.11 Å².